The molecule has 7 heteroatoms. The second-order valence-electron chi connectivity index (χ2n) is 7.11. The Morgan fingerprint density at radius 1 is 1.21 bits per heavy atom. The molecule has 0 saturated carbocycles. The molecule has 1 aromatic carbocycles. The molecule has 5 nitrogen and oxygen atoms in total. The number of hydrogen-bond donors (Lipinski definition) is 1. The minimum Gasteiger partial charge on any atom is -0.399 e. The second-order valence-corrected chi connectivity index (χ2v) is 7.11. The summed E-state index contributed by atoms with van der Waals surface area (Å²) in [6.45, 7) is 3.96. The standard InChI is InChI=1S/C21H19F2N5/c1-2-6-28-7-5-14-15(9-24)20(27)21(11-25,12-26)19(16(14)10-28)13-3-4-17(22)18(23)8-13/h3-5,8,16,19H,2,6-7,10,27H2,1H3/t16-,19-/m1/s1. The van der Waals surface area contributed by atoms with Crippen LogP contribution in [0.1, 0.15) is 24.8 Å². The number of nitrogens with two attached hydrogens (primary N) is 1. The van der Waals surface area contributed by atoms with Crippen molar-refractivity contribution in [2.24, 2.45) is 17.1 Å². The lowest BCUT2D eigenvalue weighted by molar-refractivity contribution is 0.207. The van der Waals surface area contributed by atoms with Gasteiger partial charge in [-0.3, -0.25) is 4.90 Å². The molecule has 0 unspecified atom stereocenters. The number of nitrogens with zero attached hydrogens (tertiary/aromatic N) is 4. The zero-order chi connectivity index (χ0) is 20.5. The molecule has 2 N–H and O–H groups in total. The average Bonchev–Trinajstić information content (AvgIpc) is 2.70. The van der Waals surface area contributed by atoms with Crippen molar-refractivity contribution in [1.82, 2.24) is 4.90 Å². The lowest BCUT2D eigenvalue weighted by Crippen LogP contribution is -2.48. The van der Waals surface area contributed by atoms with Crippen molar-refractivity contribution in [3.8, 4) is 18.2 Å². The molecule has 2 atom stereocenters. The zero-order valence-corrected chi connectivity index (χ0v) is 15.4. The highest BCUT2D eigenvalue weighted by atomic mass is 19.2. The van der Waals surface area contributed by atoms with Crippen LogP contribution in [0.2, 0.25) is 0 Å². The third-order valence-corrected chi connectivity index (χ3v) is 5.58. The van der Waals surface area contributed by atoms with Gasteiger partial charge in [-0.15, -0.1) is 0 Å². The van der Waals surface area contributed by atoms with Crippen molar-refractivity contribution in [3.63, 3.8) is 0 Å². The molecule has 28 heavy (non-hydrogen) atoms. The van der Waals surface area contributed by atoms with Gasteiger partial charge < -0.3 is 5.73 Å². The topological polar surface area (TPSA) is 101 Å². The summed E-state index contributed by atoms with van der Waals surface area (Å²) >= 11 is 0. The Morgan fingerprint density at radius 2 is 1.93 bits per heavy atom. The molecule has 1 aromatic rings. The van der Waals surface area contributed by atoms with E-state index in [2.05, 4.69) is 4.90 Å². The molecule has 0 fully saturated rings. The molecule has 0 bridgehead atoms. The van der Waals surface area contributed by atoms with E-state index in [1.165, 1.54) is 6.07 Å². The minimum atomic E-state index is -1.84. The fourth-order valence-corrected chi connectivity index (χ4v) is 4.32. The van der Waals surface area contributed by atoms with Crippen LogP contribution in [0.25, 0.3) is 0 Å². The predicted octanol–water partition coefficient (Wildman–Crippen LogP) is 3.10. The van der Waals surface area contributed by atoms with Crippen LogP contribution in [0.4, 0.5) is 8.78 Å². The van der Waals surface area contributed by atoms with E-state index in [1.54, 1.807) is 0 Å². The minimum absolute atomic E-state index is 0.124. The van der Waals surface area contributed by atoms with Gasteiger partial charge in [0.1, 0.15) is 6.07 Å². The van der Waals surface area contributed by atoms with E-state index in [0.717, 1.165) is 25.1 Å². The third kappa shape index (κ3) is 2.83. The van der Waals surface area contributed by atoms with E-state index >= 15 is 0 Å². The zero-order valence-electron chi connectivity index (χ0n) is 15.4. The monoisotopic (exact) mass is 379 g/mol. The van der Waals surface area contributed by atoms with Gasteiger partial charge in [-0.05, 0) is 36.2 Å². The summed E-state index contributed by atoms with van der Waals surface area (Å²) in [4.78, 5) is 2.15. The molecular weight excluding hydrogens is 360 g/mol. The first-order valence-corrected chi connectivity index (χ1v) is 9.04. The second kappa shape index (κ2) is 7.43. The first-order chi connectivity index (χ1) is 13.4. The van der Waals surface area contributed by atoms with E-state index in [1.807, 2.05) is 31.2 Å². The lowest BCUT2D eigenvalue weighted by atomic mass is 9.58. The van der Waals surface area contributed by atoms with E-state index in [4.69, 9.17) is 5.73 Å². The van der Waals surface area contributed by atoms with Gasteiger partial charge in [0.15, 0.2) is 17.0 Å². The molecule has 1 heterocycles. The maximum atomic E-state index is 14.0. The summed E-state index contributed by atoms with van der Waals surface area (Å²) in [7, 11) is 0. The molecule has 0 radical (unpaired) electrons. The fourth-order valence-electron chi connectivity index (χ4n) is 4.32. The summed E-state index contributed by atoms with van der Waals surface area (Å²) in [5, 5.41) is 29.5. The highest BCUT2D eigenvalue weighted by molar-refractivity contribution is 5.59. The largest absolute Gasteiger partial charge is 0.399 e. The van der Waals surface area contributed by atoms with Gasteiger partial charge in [0.2, 0.25) is 0 Å². The number of benzene rings is 1. The summed E-state index contributed by atoms with van der Waals surface area (Å²) in [5.41, 5.74) is 5.34. The average molecular weight is 379 g/mol. The molecule has 0 amide bonds. The number of hydrogen-bond acceptors (Lipinski definition) is 5. The molecule has 3 rings (SSSR count). The number of rotatable bonds is 3. The molecule has 0 saturated heterocycles. The van der Waals surface area contributed by atoms with Gasteiger partial charge in [-0.1, -0.05) is 19.1 Å². The highest BCUT2D eigenvalue weighted by Gasteiger charge is 2.54. The van der Waals surface area contributed by atoms with E-state index in [9.17, 15) is 24.6 Å². The van der Waals surface area contributed by atoms with Gasteiger partial charge in [0.05, 0.1) is 23.4 Å². The number of nitriles is 3. The van der Waals surface area contributed by atoms with Gasteiger partial charge >= 0.3 is 0 Å². The summed E-state index contributed by atoms with van der Waals surface area (Å²) in [5.74, 6) is -3.29. The molecular formula is C21H19F2N5. The van der Waals surface area contributed by atoms with Crippen LogP contribution < -0.4 is 5.73 Å². The SMILES string of the molecule is CCCN1CC=C2C(C#N)=C(N)C(C#N)(C#N)[C@H](c3ccc(F)c(F)c3)[C@@H]2C1. The highest BCUT2D eigenvalue weighted by Crippen LogP contribution is 2.54. The number of fused-ring (bicyclic) bond motifs is 1. The van der Waals surface area contributed by atoms with Crippen LogP contribution >= 0.6 is 0 Å². The Morgan fingerprint density at radius 3 is 2.50 bits per heavy atom. The molecule has 142 valence electrons. The third-order valence-electron chi connectivity index (χ3n) is 5.58. The number of halogens is 2. The summed E-state index contributed by atoms with van der Waals surface area (Å²) in [6, 6.07) is 9.41. The normalized spacial score (nSPS) is 23.8. The van der Waals surface area contributed by atoms with E-state index < -0.39 is 28.9 Å². The summed E-state index contributed by atoms with van der Waals surface area (Å²) < 4.78 is 27.5. The maximum absolute atomic E-state index is 14.0. The fraction of sp³-hybridized carbons (Fsp3) is 0.381. The van der Waals surface area contributed by atoms with Crippen molar-refractivity contribution in [3.05, 3.63) is 58.3 Å². The Hall–Kier alpha value is -3.21. The molecule has 1 aliphatic heterocycles. The smallest absolute Gasteiger partial charge is 0.191 e. The van der Waals surface area contributed by atoms with Gasteiger partial charge in [-0.25, -0.2) is 8.78 Å². The van der Waals surface area contributed by atoms with Crippen molar-refractivity contribution < 1.29 is 8.78 Å². The Balaban J connectivity index is 2.28. The van der Waals surface area contributed by atoms with Crippen LogP contribution in [0.3, 0.4) is 0 Å². The summed E-state index contributed by atoms with van der Waals surface area (Å²) in [6.07, 6.45) is 2.80. The molecule has 1 aliphatic carbocycles. The van der Waals surface area contributed by atoms with Gasteiger partial charge in [0, 0.05) is 24.9 Å². The first-order valence-electron chi connectivity index (χ1n) is 9.04. The van der Waals surface area contributed by atoms with Crippen LogP contribution in [0.5, 0.6) is 0 Å². The quantitative estimate of drug-likeness (QED) is 0.870. The van der Waals surface area contributed by atoms with Crippen LogP contribution in [-0.2, 0) is 0 Å². The lowest BCUT2D eigenvalue weighted by Gasteiger charge is -2.45. The first kappa shape index (κ1) is 19.5. The molecule has 2 aliphatic rings. The van der Waals surface area contributed by atoms with Crippen LogP contribution in [0, 0.1) is 57.0 Å². The van der Waals surface area contributed by atoms with Crippen molar-refractivity contribution in [2.45, 2.75) is 19.3 Å². The Labute approximate surface area is 162 Å². The Bertz CT molecular complexity index is 976. The van der Waals surface area contributed by atoms with Crippen LogP contribution in [-0.4, -0.2) is 24.5 Å². The van der Waals surface area contributed by atoms with Crippen molar-refractivity contribution in [1.29, 1.82) is 15.8 Å². The molecule has 0 spiro atoms. The van der Waals surface area contributed by atoms with Crippen molar-refractivity contribution >= 4 is 0 Å². The number of allylic oxidation sites excluding steroid dienone is 2. The van der Waals surface area contributed by atoms with Gasteiger partial charge in [0.25, 0.3) is 0 Å². The van der Waals surface area contributed by atoms with E-state index in [0.29, 0.717) is 24.2 Å². The molecule has 0 aromatic heterocycles. The van der Waals surface area contributed by atoms with Crippen LogP contribution in [0.15, 0.2) is 41.1 Å². The van der Waals surface area contributed by atoms with Gasteiger partial charge in [-0.2, -0.15) is 15.8 Å². The van der Waals surface area contributed by atoms with Crippen molar-refractivity contribution in [2.75, 3.05) is 19.6 Å². The Kier molecular flexibility index (Phi) is 5.18. The van der Waals surface area contributed by atoms with E-state index in [-0.39, 0.29) is 11.3 Å². The maximum Gasteiger partial charge on any atom is 0.191 e. The predicted molar refractivity (Wildman–Crippen MR) is 97.9 cm³/mol.